The van der Waals surface area contributed by atoms with Gasteiger partial charge in [0, 0.05) is 6.42 Å². The molecule has 0 bridgehead atoms. The summed E-state index contributed by atoms with van der Waals surface area (Å²) in [7, 11) is 0. The Balaban J connectivity index is 2.18. The Kier molecular flexibility index (Phi) is 3.20. The maximum absolute atomic E-state index is 11.9. The van der Waals surface area contributed by atoms with Gasteiger partial charge >= 0.3 is 0 Å². The molecule has 0 aliphatic carbocycles. The van der Waals surface area contributed by atoms with E-state index in [1.807, 2.05) is 17.5 Å². The van der Waals surface area contributed by atoms with Crippen LogP contribution in [0.2, 0.25) is 0 Å². The largest absolute Gasteiger partial charge is 0.293 e. The van der Waals surface area contributed by atoms with Crippen LogP contribution in [0.15, 0.2) is 35.7 Å². The second-order valence-electron chi connectivity index (χ2n) is 4.07. The third-order valence-electron chi connectivity index (χ3n) is 2.44. The first kappa shape index (κ1) is 11.1. The average molecular weight is 230 g/mol. The Morgan fingerprint density at radius 3 is 2.44 bits per heavy atom. The molecule has 0 unspecified atom stereocenters. The van der Waals surface area contributed by atoms with Gasteiger partial charge < -0.3 is 0 Å². The molecule has 0 amide bonds. The van der Waals surface area contributed by atoms with Crippen LogP contribution in [0.25, 0.3) is 0 Å². The lowest BCUT2D eigenvalue weighted by Gasteiger charge is -2.03. The average Bonchev–Trinajstić information content (AvgIpc) is 2.68. The molecule has 2 heteroatoms. The maximum Gasteiger partial charge on any atom is 0.177 e. The number of carbonyl (C=O) groups is 1. The van der Waals surface area contributed by atoms with Gasteiger partial charge in [0.2, 0.25) is 0 Å². The fourth-order valence-electron chi connectivity index (χ4n) is 1.88. The Morgan fingerprint density at radius 2 is 1.88 bits per heavy atom. The Labute approximate surface area is 99.8 Å². The van der Waals surface area contributed by atoms with Gasteiger partial charge in [-0.2, -0.15) is 0 Å². The molecular weight excluding hydrogens is 216 g/mol. The van der Waals surface area contributed by atoms with Crippen molar-refractivity contribution in [2.45, 2.75) is 20.3 Å². The SMILES string of the molecule is Cc1cc(C)cc(CC(=O)c2cccs2)c1. The summed E-state index contributed by atoms with van der Waals surface area (Å²) in [5.41, 5.74) is 3.54. The van der Waals surface area contributed by atoms with Gasteiger partial charge in [-0.1, -0.05) is 35.4 Å². The molecule has 0 aliphatic heterocycles. The molecule has 0 N–H and O–H groups in total. The van der Waals surface area contributed by atoms with Crippen molar-refractivity contribution in [3.63, 3.8) is 0 Å². The smallest absolute Gasteiger partial charge is 0.177 e. The summed E-state index contributed by atoms with van der Waals surface area (Å²) < 4.78 is 0. The summed E-state index contributed by atoms with van der Waals surface area (Å²) in [5, 5.41) is 1.94. The van der Waals surface area contributed by atoms with Crippen LogP contribution in [0.3, 0.4) is 0 Å². The van der Waals surface area contributed by atoms with E-state index in [9.17, 15) is 4.79 Å². The molecule has 0 spiro atoms. The molecule has 0 radical (unpaired) electrons. The third-order valence-corrected chi connectivity index (χ3v) is 3.35. The van der Waals surface area contributed by atoms with E-state index in [0.717, 1.165) is 10.4 Å². The molecule has 0 aliphatic rings. The molecule has 16 heavy (non-hydrogen) atoms. The zero-order valence-corrected chi connectivity index (χ0v) is 10.3. The Hall–Kier alpha value is -1.41. The van der Waals surface area contributed by atoms with Crippen LogP contribution in [-0.2, 0) is 6.42 Å². The molecule has 0 saturated carbocycles. The van der Waals surface area contributed by atoms with E-state index in [0.29, 0.717) is 6.42 Å². The highest BCUT2D eigenvalue weighted by atomic mass is 32.1. The van der Waals surface area contributed by atoms with Gasteiger partial charge in [0.25, 0.3) is 0 Å². The van der Waals surface area contributed by atoms with E-state index in [1.165, 1.54) is 22.5 Å². The predicted molar refractivity (Wildman–Crippen MR) is 68.3 cm³/mol. The van der Waals surface area contributed by atoms with Crippen LogP contribution in [-0.4, -0.2) is 5.78 Å². The number of benzene rings is 1. The Bertz CT molecular complexity index is 477. The minimum absolute atomic E-state index is 0.208. The number of hydrogen-bond donors (Lipinski definition) is 0. The van der Waals surface area contributed by atoms with Crippen molar-refractivity contribution < 1.29 is 4.79 Å². The number of hydrogen-bond acceptors (Lipinski definition) is 2. The summed E-state index contributed by atoms with van der Waals surface area (Å²) >= 11 is 1.51. The van der Waals surface area contributed by atoms with Crippen molar-refractivity contribution in [3.8, 4) is 0 Å². The number of carbonyl (C=O) groups excluding carboxylic acids is 1. The standard InChI is InChI=1S/C14H14OS/c1-10-6-11(2)8-12(7-10)9-13(15)14-4-3-5-16-14/h3-8H,9H2,1-2H3. The first-order valence-electron chi connectivity index (χ1n) is 5.29. The monoisotopic (exact) mass is 230 g/mol. The summed E-state index contributed by atoms with van der Waals surface area (Å²) in [6, 6.07) is 10.1. The molecule has 1 aromatic heterocycles. The van der Waals surface area contributed by atoms with Crippen LogP contribution in [0.5, 0.6) is 0 Å². The summed E-state index contributed by atoms with van der Waals surface area (Å²) in [5.74, 6) is 0.208. The second kappa shape index (κ2) is 4.62. The van der Waals surface area contributed by atoms with Crippen LogP contribution < -0.4 is 0 Å². The topological polar surface area (TPSA) is 17.1 Å². The van der Waals surface area contributed by atoms with Gasteiger partial charge in [0.15, 0.2) is 5.78 Å². The van der Waals surface area contributed by atoms with Crippen LogP contribution in [0, 0.1) is 13.8 Å². The summed E-state index contributed by atoms with van der Waals surface area (Å²) in [6.45, 7) is 4.12. The first-order chi connectivity index (χ1) is 7.65. The van der Waals surface area contributed by atoms with E-state index in [-0.39, 0.29) is 5.78 Å². The van der Waals surface area contributed by atoms with Crippen molar-refractivity contribution in [2.24, 2.45) is 0 Å². The van der Waals surface area contributed by atoms with Crippen LogP contribution in [0.1, 0.15) is 26.4 Å². The quantitative estimate of drug-likeness (QED) is 0.733. The lowest BCUT2D eigenvalue weighted by molar-refractivity contribution is 0.0997. The number of thiophene rings is 1. The van der Waals surface area contributed by atoms with Gasteiger partial charge in [-0.15, -0.1) is 11.3 Å². The highest BCUT2D eigenvalue weighted by Crippen LogP contribution is 2.15. The van der Waals surface area contributed by atoms with Crippen molar-refractivity contribution >= 4 is 17.1 Å². The predicted octanol–water partition coefficient (Wildman–Crippen LogP) is 3.79. The third kappa shape index (κ3) is 2.58. The van der Waals surface area contributed by atoms with Gasteiger partial charge in [-0.3, -0.25) is 4.79 Å². The molecule has 1 nitrogen and oxygen atoms in total. The molecule has 0 saturated heterocycles. The molecule has 0 fully saturated rings. The van der Waals surface area contributed by atoms with E-state index in [2.05, 4.69) is 32.0 Å². The van der Waals surface area contributed by atoms with Gasteiger partial charge in [0.1, 0.15) is 0 Å². The van der Waals surface area contributed by atoms with E-state index in [1.54, 1.807) is 0 Å². The molecule has 0 atom stereocenters. The van der Waals surface area contributed by atoms with E-state index < -0.39 is 0 Å². The molecule has 1 aromatic carbocycles. The number of ketones is 1. The minimum atomic E-state index is 0.208. The van der Waals surface area contributed by atoms with E-state index in [4.69, 9.17) is 0 Å². The van der Waals surface area contributed by atoms with Crippen molar-refractivity contribution in [1.29, 1.82) is 0 Å². The molecule has 2 aromatic rings. The molecule has 2 rings (SSSR count). The number of aryl methyl sites for hydroxylation is 2. The van der Waals surface area contributed by atoms with Crippen LogP contribution >= 0.6 is 11.3 Å². The van der Waals surface area contributed by atoms with Gasteiger partial charge in [0.05, 0.1) is 4.88 Å². The second-order valence-corrected chi connectivity index (χ2v) is 5.02. The summed E-state index contributed by atoms with van der Waals surface area (Å²) in [6.07, 6.45) is 0.503. The Morgan fingerprint density at radius 1 is 1.19 bits per heavy atom. The zero-order valence-electron chi connectivity index (χ0n) is 9.49. The number of Topliss-reactive ketones (excluding diaryl/α,β-unsaturated/α-hetero) is 1. The maximum atomic E-state index is 11.9. The normalized spacial score (nSPS) is 10.4. The molecular formula is C14H14OS. The first-order valence-corrected chi connectivity index (χ1v) is 6.17. The highest BCUT2D eigenvalue weighted by molar-refractivity contribution is 7.12. The van der Waals surface area contributed by atoms with Gasteiger partial charge in [-0.25, -0.2) is 0 Å². The molecule has 82 valence electrons. The zero-order chi connectivity index (χ0) is 11.5. The number of rotatable bonds is 3. The fraction of sp³-hybridized carbons (Fsp3) is 0.214. The summed E-state index contributed by atoms with van der Waals surface area (Å²) in [4.78, 5) is 12.8. The highest BCUT2D eigenvalue weighted by Gasteiger charge is 2.08. The lowest BCUT2D eigenvalue weighted by Crippen LogP contribution is -2.01. The van der Waals surface area contributed by atoms with Crippen molar-refractivity contribution in [2.75, 3.05) is 0 Å². The van der Waals surface area contributed by atoms with Gasteiger partial charge in [-0.05, 0) is 30.9 Å². The van der Waals surface area contributed by atoms with Crippen molar-refractivity contribution in [1.82, 2.24) is 0 Å². The fourth-order valence-corrected chi connectivity index (χ4v) is 2.55. The van der Waals surface area contributed by atoms with Crippen LogP contribution in [0.4, 0.5) is 0 Å². The van der Waals surface area contributed by atoms with E-state index >= 15 is 0 Å². The lowest BCUT2D eigenvalue weighted by atomic mass is 10.0. The van der Waals surface area contributed by atoms with Crippen molar-refractivity contribution in [3.05, 3.63) is 57.3 Å². The molecule has 1 heterocycles. The minimum Gasteiger partial charge on any atom is -0.293 e.